The second kappa shape index (κ2) is 10.0. The molecule has 7 nitrogen and oxygen atoms in total. The predicted octanol–water partition coefficient (Wildman–Crippen LogP) is 5.77. The van der Waals surface area contributed by atoms with Gasteiger partial charge in [0.25, 0.3) is 0 Å². The standard InChI is InChI=1S/C27H34N4O3S/c1-17-12-20(14-21(13-17)31-25-28-11-8-18(2)30-25)22-16-29-23(35-22)15-27(33)9-6-19(7-10-27)24(32)34-26(3,4)5/h8,11-14,16,19,33H,6-7,9-10,15H2,1-5H3,(H,28,30,31)/t19-,27+. The molecule has 0 atom stereocenters. The summed E-state index contributed by atoms with van der Waals surface area (Å²) in [5.74, 6) is 0.267. The van der Waals surface area contributed by atoms with Crippen LogP contribution in [-0.4, -0.2) is 37.2 Å². The van der Waals surface area contributed by atoms with Gasteiger partial charge in [0.05, 0.1) is 21.4 Å². The number of hydrogen-bond donors (Lipinski definition) is 2. The molecule has 0 bridgehead atoms. The summed E-state index contributed by atoms with van der Waals surface area (Å²) in [7, 11) is 0. The lowest BCUT2D eigenvalue weighted by Gasteiger charge is -2.35. The molecule has 8 heteroatoms. The van der Waals surface area contributed by atoms with Crippen LogP contribution in [0.1, 0.15) is 62.7 Å². The molecule has 2 heterocycles. The van der Waals surface area contributed by atoms with Crippen LogP contribution in [0.5, 0.6) is 0 Å². The highest BCUT2D eigenvalue weighted by Gasteiger charge is 2.38. The Morgan fingerprint density at radius 2 is 1.94 bits per heavy atom. The number of nitrogens with one attached hydrogen (secondary N) is 1. The largest absolute Gasteiger partial charge is 0.460 e. The molecule has 0 aliphatic heterocycles. The molecular formula is C27H34N4O3S. The van der Waals surface area contributed by atoms with Gasteiger partial charge in [-0.15, -0.1) is 11.3 Å². The number of nitrogens with zero attached hydrogens (tertiary/aromatic N) is 3. The van der Waals surface area contributed by atoms with Gasteiger partial charge in [0, 0.05) is 30.2 Å². The van der Waals surface area contributed by atoms with Crippen LogP contribution < -0.4 is 5.32 Å². The van der Waals surface area contributed by atoms with Gasteiger partial charge in [-0.05, 0) is 89.6 Å². The molecule has 0 saturated heterocycles. The summed E-state index contributed by atoms with van der Waals surface area (Å²) >= 11 is 1.60. The molecule has 1 fully saturated rings. The Bertz CT molecular complexity index is 1190. The maximum Gasteiger partial charge on any atom is 0.309 e. The summed E-state index contributed by atoms with van der Waals surface area (Å²) in [4.78, 5) is 26.8. The van der Waals surface area contributed by atoms with Gasteiger partial charge in [-0.2, -0.15) is 0 Å². The van der Waals surface area contributed by atoms with Gasteiger partial charge in [-0.1, -0.05) is 6.07 Å². The summed E-state index contributed by atoms with van der Waals surface area (Å²) in [5, 5.41) is 15.4. The first kappa shape index (κ1) is 25.3. The van der Waals surface area contributed by atoms with Gasteiger partial charge >= 0.3 is 5.97 Å². The highest BCUT2D eigenvalue weighted by molar-refractivity contribution is 7.15. The number of anilines is 2. The van der Waals surface area contributed by atoms with Crippen molar-refractivity contribution in [2.45, 2.75) is 77.9 Å². The molecule has 3 aromatic rings. The van der Waals surface area contributed by atoms with Crippen molar-refractivity contribution < 1.29 is 14.6 Å². The Hall–Kier alpha value is -2.84. The molecule has 0 radical (unpaired) electrons. The van der Waals surface area contributed by atoms with Crippen molar-refractivity contribution in [1.29, 1.82) is 0 Å². The molecule has 1 aromatic carbocycles. The van der Waals surface area contributed by atoms with Gasteiger partial charge in [0.15, 0.2) is 0 Å². The molecule has 0 unspecified atom stereocenters. The Morgan fingerprint density at radius 1 is 1.20 bits per heavy atom. The first-order valence-corrected chi connectivity index (χ1v) is 12.9. The van der Waals surface area contributed by atoms with Crippen LogP contribution in [0, 0.1) is 19.8 Å². The maximum atomic E-state index is 12.4. The van der Waals surface area contributed by atoms with Crippen molar-refractivity contribution in [3.8, 4) is 10.4 Å². The quantitative estimate of drug-likeness (QED) is 0.420. The topological polar surface area (TPSA) is 97.2 Å². The third-order valence-electron chi connectivity index (χ3n) is 6.10. The van der Waals surface area contributed by atoms with Crippen LogP contribution in [0.3, 0.4) is 0 Å². The van der Waals surface area contributed by atoms with E-state index in [9.17, 15) is 9.90 Å². The molecule has 4 rings (SSSR count). The van der Waals surface area contributed by atoms with Crippen LogP contribution >= 0.6 is 11.3 Å². The minimum Gasteiger partial charge on any atom is -0.460 e. The minimum atomic E-state index is -0.838. The monoisotopic (exact) mass is 494 g/mol. The number of benzene rings is 1. The number of ether oxygens (including phenoxy) is 1. The zero-order valence-corrected chi connectivity index (χ0v) is 21.9. The normalized spacial score (nSPS) is 20.5. The van der Waals surface area contributed by atoms with E-state index >= 15 is 0 Å². The smallest absolute Gasteiger partial charge is 0.309 e. The number of hydrogen-bond acceptors (Lipinski definition) is 8. The number of carbonyl (C=O) groups excluding carboxylic acids is 1. The van der Waals surface area contributed by atoms with Crippen LogP contribution in [0.2, 0.25) is 0 Å². The van der Waals surface area contributed by atoms with Gasteiger partial charge in [-0.25, -0.2) is 15.0 Å². The highest BCUT2D eigenvalue weighted by atomic mass is 32.1. The van der Waals surface area contributed by atoms with Gasteiger partial charge in [-0.3, -0.25) is 4.79 Å². The Labute approximate surface area is 211 Å². The van der Waals surface area contributed by atoms with Gasteiger partial charge < -0.3 is 15.2 Å². The molecule has 1 aliphatic rings. The fourth-order valence-electron chi connectivity index (χ4n) is 4.40. The second-order valence-electron chi connectivity index (χ2n) is 10.6. The van der Waals surface area contributed by atoms with E-state index in [1.165, 1.54) is 0 Å². The SMILES string of the molecule is Cc1cc(Nc2nccc(C)n2)cc(-c2cnc(C[C@]3(O)CC[C@@H](C(=O)OC(C)(C)C)CC3)s2)c1. The van der Waals surface area contributed by atoms with E-state index in [2.05, 4.69) is 45.4 Å². The Kier molecular flexibility index (Phi) is 7.24. The summed E-state index contributed by atoms with van der Waals surface area (Å²) < 4.78 is 5.53. The summed E-state index contributed by atoms with van der Waals surface area (Å²) in [6.45, 7) is 9.64. The first-order chi connectivity index (χ1) is 16.5. The number of aryl methyl sites for hydroxylation is 2. The maximum absolute atomic E-state index is 12.4. The van der Waals surface area contributed by atoms with Crippen molar-refractivity contribution in [1.82, 2.24) is 15.0 Å². The second-order valence-corrected chi connectivity index (χ2v) is 11.7. The predicted molar refractivity (Wildman–Crippen MR) is 139 cm³/mol. The first-order valence-electron chi connectivity index (χ1n) is 12.1. The number of aliphatic hydroxyl groups is 1. The fraction of sp³-hybridized carbons (Fsp3) is 0.481. The van der Waals surface area contributed by atoms with E-state index in [1.54, 1.807) is 17.5 Å². The van der Waals surface area contributed by atoms with Crippen molar-refractivity contribution >= 4 is 28.9 Å². The number of carbonyl (C=O) groups is 1. The van der Waals surface area contributed by atoms with Crippen molar-refractivity contribution in [3.05, 3.63) is 52.9 Å². The summed E-state index contributed by atoms with van der Waals surface area (Å²) in [6.07, 6.45) is 6.52. The fourth-order valence-corrected chi connectivity index (χ4v) is 5.44. The molecule has 0 spiro atoms. The van der Waals surface area contributed by atoms with E-state index in [-0.39, 0.29) is 11.9 Å². The van der Waals surface area contributed by atoms with Crippen LogP contribution in [-0.2, 0) is 16.0 Å². The van der Waals surface area contributed by atoms with Crippen molar-refractivity contribution in [2.24, 2.45) is 5.92 Å². The molecule has 0 amide bonds. The minimum absolute atomic E-state index is 0.142. The van der Waals surface area contributed by atoms with E-state index < -0.39 is 11.2 Å². The number of rotatable bonds is 6. The third-order valence-corrected chi connectivity index (χ3v) is 7.15. The average molecular weight is 495 g/mol. The lowest BCUT2D eigenvalue weighted by Crippen LogP contribution is -2.39. The van der Waals surface area contributed by atoms with E-state index in [0.717, 1.165) is 32.4 Å². The summed E-state index contributed by atoms with van der Waals surface area (Å²) in [6, 6.07) is 8.11. The lowest BCUT2D eigenvalue weighted by atomic mass is 9.77. The number of aromatic nitrogens is 3. The van der Waals surface area contributed by atoms with Gasteiger partial charge in [0.2, 0.25) is 5.95 Å². The Morgan fingerprint density at radius 3 is 2.63 bits per heavy atom. The number of esters is 1. The molecule has 2 N–H and O–H groups in total. The zero-order chi connectivity index (χ0) is 25.2. The Balaban J connectivity index is 1.41. The highest BCUT2D eigenvalue weighted by Crippen LogP contribution is 2.38. The molecule has 2 aromatic heterocycles. The summed E-state index contributed by atoms with van der Waals surface area (Å²) in [5.41, 5.74) is 2.67. The molecular weight excluding hydrogens is 460 g/mol. The lowest BCUT2D eigenvalue weighted by molar-refractivity contribution is -0.162. The van der Waals surface area contributed by atoms with E-state index in [0.29, 0.717) is 38.1 Å². The molecule has 186 valence electrons. The molecule has 1 saturated carbocycles. The van der Waals surface area contributed by atoms with Crippen LogP contribution in [0.25, 0.3) is 10.4 Å². The van der Waals surface area contributed by atoms with E-state index in [4.69, 9.17) is 4.74 Å². The van der Waals surface area contributed by atoms with Crippen LogP contribution in [0.15, 0.2) is 36.7 Å². The van der Waals surface area contributed by atoms with Crippen molar-refractivity contribution in [2.75, 3.05) is 5.32 Å². The molecule has 1 aliphatic carbocycles. The number of thiazole rings is 1. The third kappa shape index (κ3) is 6.86. The van der Waals surface area contributed by atoms with Crippen LogP contribution in [0.4, 0.5) is 11.6 Å². The zero-order valence-electron chi connectivity index (χ0n) is 21.1. The van der Waals surface area contributed by atoms with E-state index in [1.807, 2.05) is 40.0 Å². The molecule has 35 heavy (non-hydrogen) atoms. The average Bonchev–Trinajstić information content (AvgIpc) is 3.20. The van der Waals surface area contributed by atoms with Gasteiger partial charge in [0.1, 0.15) is 5.60 Å². The van der Waals surface area contributed by atoms with Crippen molar-refractivity contribution in [3.63, 3.8) is 0 Å².